The zero-order valence-corrected chi connectivity index (χ0v) is 22.3. The molecule has 0 N–H and O–H groups in total. The zero-order chi connectivity index (χ0) is 23.0. The van der Waals surface area contributed by atoms with Crippen LogP contribution in [0.5, 0.6) is 0 Å². The smallest absolute Gasteiger partial charge is 0.168 e. The molecule has 2 heteroatoms. The number of aryl methyl sites for hydroxylation is 1. The largest absolute Gasteiger partial charge is 0.205 e. The Labute approximate surface area is 197 Å². The van der Waals surface area contributed by atoms with Crippen LogP contribution in [0.15, 0.2) is 30.6 Å². The molecule has 0 aliphatic heterocycles. The number of hydrogen-bond donors (Lipinski definition) is 0. The van der Waals surface area contributed by atoms with E-state index in [2.05, 4.69) is 69.8 Å². The Morgan fingerprint density at radius 1 is 0.452 bits per heavy atom. The predicted molar refractivity (Wildman–Crippen MR) is 145 cm³/mol. The van der Waals surface area contributed by atoms with Crippen molar-refractivity contribution in [2.45, 2.75) is 156 Å². The Hall–Kier alpha value is -0.785. The van der Waals surface area contributed by atoms with Crippen molar-refractivity contribution < 1.29 is 4.57 Å². The van der Waals surface area contributed by atoms with Crippen LogP contribution in [0, 0.1) is 0 Å². The molecule has 1 rings (SSSR count). The molecule has 0 amide bonds. The first-order chi connectivity index (χ1) is 15.2. The lowest BCUT2D eigenvalue weighted by Gasteiger charge is -2.40. The molecule has 1 aromatic heterocycles. The van der Waals surface area contributed by atoms with Gasteiger partial charge in [0.05, 0.1) is 0 Å². The van der Waals surface area contributed by atoms with Crippen LogP contribution in [0.3, 0.4) is 0 Å². The Balaban J connectivity index is 0.000000590. The molecular formula is C29H58BN. The average Bonchev–Trinajstić information content (AvgIpc) is 2.81. The fourth-order valence-corrected chi connectivity index (χ4v) is 5.07. The lowest BCUT2D eigenvalue weighted by atomic mass is 9.17. The summed E-state index contributed by atoms with van der Waals surface area (Å²) < 4.78 is 2.26. The van der Waals surface area contributed by atoms with E-state index in [1.54, 1.807) is 25.3 Å². The maximum Gasteiger partial charge on any atom is 0.168 e. The topological polar surface area (TPSA) is 3.88 Å². The SMILES string of the molecule is CCCCCCCC[n+]1ccccc1.CCCC[B-](CCCC)(CCCC)CCCC. The van der Waals surface area contributed by atoms with Gasteiger partial charge in [-0.1, -0.05) is 118 Å². The molecule has 0 atom stereocenters. The number of rotatable bonds is 19. The van der Waals surface area contributed by atoms with Crippen LogP contribution in [0.25, 0.3) is 0 Å². The van der Waals surface area contributed by atoms with Gasteiger partial charge in [0.2, 0.25) is 0 Å². The van der Waals surface area contributed by atoms with Crippen LogP contribution >= 0.6 is 0 Å². The van der Waals surface area contributed by atoms with Crippen LogP contribution in [0.1, 0.15) is 125 Å². The fourth-order valence-electron chi connectivity index (χ4n) is 5.07. The summed E-state index contributed by atoms with van der Waals surface area (Å²) in [5.41, 5.74) is 0. The number of aromatic nitrogens is 1. The van der Waals surface area contributed by atoms with Gasteiger partial charge in [0.1, 0.15) is 6.54 Å². The van der Waals surface area contributed by atoms with Gasteiger partial charge in [-0.2, -0.15) is 25.3 Å². The molecule has 182 valence electrons. The molecule has 31 heavy (non-hydrogen) atoms. The quantitative estimate of drug-likeness (QED) is 0.116. The fraction of sp³-hybridized carbons (Fsp3) is 0.828. The van der Waals surface area contributed by atoms with Gasteiger partial charge in [0.15, 0.2) is 12.4 Å². The average molecular weight is 432 g/mol. The van der Waals surface area contributed by atoms with Crippen molar-refractivity contribution in [2.75, 3.05) is 0 Å². The molecular weight excluding hydrogens is 373 g/mol. The molecule has 0 radical (unpaired) electrons. The monoisotopic (exact) mass is 431 g/mol. The van der Waals surface area contributed by atoms with Crippen LogP contribution in [0.2, 0.25) is 25.3 Å². The van der Waals surface area contributed by atoms with Crippen molar-refractivity contribution in [1.82, 2.24) is 0 Å². The molecule has 0 saturated carbocycles. The first-order valence-electron chi connectivity index (χ1n) is 14.3. The molecule has 0 fully saturated rings. The predicted octanol–water partition coefficient (Wildman–Crippen LogP) is 9.97. The second-order valence-corrected chi connectivity index (χ2v) is 10.2. The molecule has 0 aliphatic carbocycles. The standard InChI is InChI=1S/C16H36B.C13H22N/c1-5-9-13-17(14-10-6-2,15-11-7-3)16-12-8-4;1-2-3-4-5-6-8-11-14-12-9-7-10-13-14/h5-16H2,1-4H3;7,9-10,12-13H,2-6,8,11H2,1H3/q-1;+1. The molecule has 0 spiro atoms. The maximum atomic E-state index is 2.35. The van der Waals surface area contributed by atoms with Crippen molar-refractivity contribution in [2.24, 2.45) is 0 Å². The summed E-state index contributed by atoms with van der Waals surface area (Å²) in [5.74, 6) is 0. The van der Waals surface area contributed by atoms with Crippen molar-refractivity contribution in [3.63, 3.8) is 0 Å². The first kappa shape index (κ1) is 30.2. The molecule has 1 nitrogen and oxygen atoms in total. The molecule has 0 saturated heterocycles. The molecule has 0 aliphatic rings. The Morgan fingerprint density at radius 3 is 1.26 bits per heavy atom. The summed E-state index contributed by atoms with van der Waals surface area (Å²) in [7, 11) is 0. The lowest BCUT2D eigenvalue weighted by Crippen LogP contribution is -2.33. The normalized spacial score (nSPS) is 11.3. The minimum Gasteiger partial charge on any atom is -0.205 e. The van der Waals surface area contributed by atoms with Gasteiger partial charge >= 0.3 is 0 Å². The maximum absolute atomic E-state index is 2.35. The minimum atomic E-state index is -0.00722. The summed E-state index contributed by atoms with van der Waals surface area (Å²) >= 11 is 0. The van der Waals surface area contributed by atoms with E-state index >= 15 is 0 Å². The van der Waals surface area contributed by atoms with Crippen molar-refractivity contribution in [3.8, 4) is 0 Å². The minimum absolute atomic E-state index is 0.00722. The summed E-state index contributed by atoms with van der Waals surface area (Å²) in [5, 5.41) is 0. The van der Waals surface area contributed by atoms with Crippen molar-refractivity contribution >= 4 is 6.15 Å². The van der Waals surface area contributed by atoms with E-state index in [0.29, 0.717) is 0 Å². The van der Waals surface area contributed by atoms with Gasteiger partial charge in [0.25, 0.3) is 0 Å². The van der Waals surface area contributed by atoms with Crippen LogP contribution in [-0.4, -0.2) is 6.15 Å². The van der Waals surface area contributed by atoms with E-state index in [4.69, 9.17) is 0 Å². The Kier molecular flexibility index (Phi) is 21.8. The highest BCUT2D eigenvalue weighted by Gasteiger charge is 2.22. The van der Waals surface area contributed by atoms with Crippen molar-refractivity contribution in [3.05, 3.63) is 30.6 Å². The third-order valence-corrected chi connectivity index (χ3v) is 7.23. The summed E-state index contributed by atoms with van der Waals surface area (Å²) in [6, 6.07) is 6.26. The van der Waals surface area contributed by atoms with Crippen molar-refractivity contribution in [1.29, 1.82) is 0 Å². The van der Waals surface area contributed by atoms with E-state index in [0.717, 1.165) is 0 Å². The van der Waals surface area contributed by atoms with Crippen LogP contribution in [-0.2, 0) is 6.54 Å². The lowest BCUT2D eigenvalue weighted by molar-refractivity contribution is -0.697. The summed E-state index contributed by atoms with van der Waals surface area (Å²) in [6.07, 6.45) is 30.2. The molecule has 1 heterocycles. The molecule has 0 aromatic carbocycles. The van der Waals surface area contributed by atoms with Gasteiger partial charge in [-0.15, -0.1) is 0 Å². The van der Waals surface area contributed by atoms with E-state index in [1.807, 2.05) is 0 Å². The molecule has 0 bridgehead atoms. The first-order valence-corrected chi connectivity index (χ1v) is 14.3. The van der Waals surface area contributed by atoms with Gasteiger partial charge in [-0.25, -0.2) is 4.57 Å². The molecule has 1 aromatic rings. The van der Waals surface area contributed by atoms with Gasteiger partial charge in [-0.05, 0) is 6.42 Å². The van der Waals surface area contributed by atoms with Gasteiger partial charge < -0.3 is 0 Å². The van der Waals surface area contributed by atoms with E-state index in [-0.39, 0.29) is 6.15 Å². The number of unbranched alkanes of at least 4 members (excludes halogenated alkanes) is 9. The van der Waals surface area contributed by atoms with E-state index in [9.17, 15) is 0 Å². The van der Waals surface area contributed by atoms with E-state index < -0.39 is 0 Å². The van der Waals surface area contributed by atoms with Crippen LogP contribution in [0.4, 0.5) is 0 Å². The van der Waals surface area contributed by atoms with E-state index in [1.165, 1.54) is 96.4 Å². The summed E-state index contributed by atoms with van der Waals surface area (Å²) in [4.78, 5) is 0. The zero-order valence-electron chi connectivity index (χ0n) is 22.3. The number of nitrogens with zero attached hydrogens (tertiary/aromatic N) is 1. The van der Waals surface area contributed by atoms with Crippen LogP contribution < -0.4 is 4.57 Å². The highest BCUT2D eigenvalue weighted by Crippen LogP contribution is 2.33. The highest BCUT2D eigenvalue weighted by atomic mass is 14.9. The highest BCUT2D eigenvalue weighted by molar-refractivity contribution is 6.79. The molecule has 0 unspecified atom stereocenters. The number of pyridine rings is 1. The third-order valence-electron chi connectivity index (χ3n) is 7.23. The Bertz CT molecular complexity index is 422. The number of hydrogen-bond acceptors (Lipinski definition) is 0. The Morgan fingerprint density at radius 2 is 0.839 bits per heavy atom. The van der Waals surface area contributed by atoms with Gasteiger partial charge in [-0.3, -0.25) is 0 Å². The summed E-state index contributed by atoms with van der Waals surface area (Å²) in [6.45, 7) is 12.8. The second kappa shape index (κ2) is 22.4. The second-order valence-electron chi connectivity index (χ2n) is 10.2. The third kappa shape index (κ3) is 17.4. The van der Waals surface area contributed by atoms with Gasteiger partial charge in [0, 0.05) is 24.7 Å².